The summed E-state index contributed by atoms with van der Waals surface area (Å²) in [4.78, 5) is 9.34. The molecular weight excluding hydrogens is 191 g/mol. The first-order chi connectivity index (χ1) is 5.37. The van der Waals surface area contributed by atoms with E-state index in [1.807, 2.05) is 13.8 Å². The highest BCUT2D eigenvalue weighted by Gasteiger charge is 2.25. The summed E-state index contributed by atoms with van der Waals surface area (Å²) >= 11 is 0. The van der Waals surface area contributed by atoms with Crippen LogP contribution in [0.4, 0.5) is 0 Å². The van der Waals surface area contributed by atoms with Crippen molar-refractivity contribution < 1.29 is 13.6 Å². The van der Waals surface area contributed by atoms with Crippen molar-refractivity contribution in [2.75, 3.05) is 0 Å². The molecule has 0 aromatic heterocycles. The van der Waals surface area contributed by atoms with E-state index in [9.17, 15) is 4.89 Å². The molecular formula is C7H19O3PSi. The number of rotatable bonds is 5. The molecule has 1 unspecified atom stereocenters. The molecule has 0 spiro atoms. The van der Waals surface area contributed by atoms with Gasteiger partial charge in [0.25, 0.3) is 0 Å². The molecule has 0 saturated heterocycles. The Hall–Kier alpha value is 0.527. The lowest BCUT2D eigenvalue weighted by atomic mass is 10.5. The molecule has 0 radical (unpaired) electrons. The van der Waals surface area contributed by atoms with E-state index in [-0.39, 0.29) is 6.10 Å². The van der Waals surface area contributed by atoms with E-state index in [0.29, 0.717) is 0 Å². The Morgan fingerprint density at radius 2 is 1.92 bits per heavy atom. The van der Waals surface area contributed by atoms with Gasteiger partial charge < -0.3 is 13.6 Å². The van der Waals surface area contributed by atoms with Crippen molar-refractivity contribution in [1.29, 1.82) is 0 Å². The second-order valence-corrected chi connectivity index (χ2v) is 9.24. The predicted molar refractivity (Wildman–Crippen MR) is 54.4 cm³/mol. The summed E-state index contributed by atoms with van der Waals surface area (Å²) in [7, 11) is -3.31. The zero-order valence-corrected chi connectivity index (χ0v) is 10.4. The van der Waals surface area contributed by atoms with Gasteiger partial charge in [-0.25, -0.2) is 0 Å². The van der Waals surface area contributed by atoms with Crippen molar-refractivity contribution in [3.05, 3.63) is 0 Å². The van der Waals surface area contributed by atoms with Crippen LogP contribution >= 0.6 is 8.60 Å². The average molecular weight is 210 g/mol. The molecule has 0 rings (SSSR count). The molecule has 0 aliphatic rings. The zero-order valence-electron chi connectivity index (χ0n) is 8.50. The van der Waals surface area contributed by atoms with Crippen LogP contribution in [0.25, 0.3) is 0 Å². The van der Waals surface area contributed by atoms with Gasteiger partial charge in [0.05, 0.1) is 6.10 Å². The normalized spacial score (nSPS) is 15.2. The van der Waals surface area contributed by atoms with Gasteiger partial charge in [0.2, 0.25) is 0 Å². The van der Waals surface area contributed by atoms with Crippen molar-refractivity contribution in [3.63, 3.8) is 0 Å². The Balaban J connectivity index is 3.75. The molecule has 0 saturated carbocycles. The van der Waals surface area contributed by atoms with Crippen LogP contribution in [0.5, 0.6) is 0 Å². The summed E-state index contributed by atoms with van der Waals surface area (Å²) in [6, 6.07) is 0.994. The van der Waals surface area contributed by atoms with Crippen LogP contribution in [-0.2, 0) is 8.74 Å². The molecule has 0 amide bonds. The van der Waals surface area contributed by atoms with E-state index >= 15 is 0 Å². The van der Waals surface area contributed by atoms with Crippen molar-refractivity contribution in [2.24, 2.45) is 0 Å². The maximum atomic E-state index is 9.34. The Morgan fingerprint density at radius 1 is 1.42 bits per heavy atom. The van der Waals surface area contributed by atoms with Gasteiger partial charge in [0.15, 0.2) is 8.32 Å². The highest BCUT2D eigenvalue weighted by atomic mass is 31.2. The Labute approximate surface area is 77.2 Å². The minimum Gasteiger partial charge on any atom is -0.354 e. The van der Waals surface area contributed by atoms with E-state index in [0.717, 1.165) is 6.04 Å². The van der Waals surface area contributed by atoms with Gasteiger partial charge in [-0.1, -0.05) is 6.92 Å². The fourth-order valence-corrected chi connectivity index (χ4v) is 3.22. The molecule has 0 aliphatic carbocycles. The number of hydrogen-bond acceptors (Lipinski definition) is 3. The van der Waals surface area contributed by atoms with E-state index in [1.165, 1.54) is 0 Å². The quantitative estimate of drug-likeness (QED) is 0.560. The molecule has 74 valence electrons. The highest BCUT2D eigenvalue weighted by molar-refractivity contribution is 7.42. The van der Waals surface area contributed by atoms with Gasteiger partial charge >= 0.3 is 8.60 Å². The van der Waals surface area contributed by atoms with Crippen LogP contribution < -0.4 is 0 Å². The molecule has 0 bridgehead atoms. The molecule has 0 fully saturated rings. The molecule has 0 aromatic carbocycles. The van der Waals surface area contributed by atoms with Gasteiger partial charge in [-0.05, 0) is 33.0 Å². The minimum atomic E-state index is -1.65. The van der Waals surface area contributed by atoms with E-state index < -0.39 is 16.9 Å². The maximum absolute atomic E-state index is 9.34. The summed E-state index contributed by atoms with van der Waals surface area (Å²) in [5, 5.41) is 0. The Morgan fingerprint density at radius 3 is 2.25 bits per heavy atom. The van der Waals surface area contributed by atoms with Crippen molar-refractivity contribution >= 4 is 16.9 Å². The van der Waals surface area contributed by atoms with Gasteiger partial charge in [-0.15, -0.1) is 0 Å². The van der Waals surface area contributed by atoms with Crippen LogP contribution in [0.3, 0.4) is 0 Å². The monoisotopic (exact) mass is 210 g/mol. The largest absolute Gasteiger partial charge is 0.354 e. The standard InChI is InChI=1S/C7H19O3PSi/c1-6-12(4,5)10-11(8)9-7(2)3/h7-8H,6H2,1-5H3. The third-order valence-corrected chi connectivity index (χ3v) is 6.38. The Bertz CT molecular complexity index is 130. The van der Waals surface area contributed by atoms with Gasteiger partial charge in [0.1, 0.15) is 0 Å². The SMILES string of the molecule is CC[Si](C)(C)OP(O)OC(C)C. The summed E-state index contributed by atoms with van der Waals surface area (Å²) in [6.45, 7) is 9.99. The van der Waals surface area contributed by atoms with Gasteiger partial charge in [-0.3, -0.25) is 0 Å². The van der Waals surface area contributed by atoms with Crippen LogP contribution in [0.2, 0.25) is 19.1 Å². The molecule has 0 aliphatic heterocycles. The first-order valence-electron chi connectivity index (χ1n) is 4.22. The second kappa shape index (κ2) is 5.30. The minimum absolute atomic E-state index is 0.0303. The third-order valence-electron chi connectivity index (χ3n) is 1.48. The summed E-state index contributed by atoms with van der Waals surface area (Å²) in [5.41, 5.74) is 0. The topological polar surface area (TPSA) is 38.7 Å². The van der Waals surface area contributed by atoms with E-state index in [4.69, 9.17) is 8.74 Å². The molecule has 1 atom stereocenters. The summed E-state index contributed by atoms with van der Waals surface area (Å²) in [5.74, 6) is 0. The van der Waals surface area contributed by atoms with Crippen molar-refractivity contribution in [3.8, 4) is 0 Å². The van der Waals surface area contributed by atoms with Crippen LogP contribution in [-0.4, -0.2) is 19.3 Å². The van der Waals surface area contributed by atoms with Crippen LogP contribution in [0, 0.1) is 0 Å². The lowest BCUT2D eigenvalue weighted by Crippen LogP contribution is -2.27. The second-order valence-electron chi connectivity index (χ2n) is 3.60. The van der Waals surface area contributed by atoms with E-state index in [1.54, 1.807) is 0 Å². The molecule has 12 heavy (non-hydrogen) atoms. The fraction of sp³-hybridized carbons (Fsp3) is 1.00. The smallest absolute Gasteiger partial charge is 0.319 e. The number of hydrogen-bond donors (Lipinski definition) is 1. The third kappa shape index (κ3) is 6.09. The first kappa shape index (κ1) is 12.5. The molecule has 1 N–H and O–H groups in total. The lowest BCUT2D eigenvalue weighted by molar-refractivity contribution is 0.204. The Kier molecular flexibility index (Phi) is 5.53. The van der Waals surface area contributed by atoms with Crippen LogP contribution in [0.1, 0.15) is 20.8 Å². The fourth-order valence-electron chi connectivity index (χ4n) is 0.478. The predicted octanol–water partition coefficient (Wildman–Crippen LogP) is 2.87. The van der Waals surface area contributed by atoms with E-state index in [2.05, 4.69) is 20.0 Å². The molecule has 3 nitrogen and oxygen atoms in total. The van der Waals surface area contributed by atoms with Crippen molar-refractivity contribution in [2.45, 2.75) is 46.0 Å². The lowest BCUT2D eigenvalue weighted by Gasteiger charge is -2.24. The average Bonchev–Trinajstić information content (AvgIpc) is 1.84. The van der Waals surface area contributed by atoms with Crippen LogP contribution in [0.15, 0.2) is 0 Å². The van der Waals surface area contributed by atoms with Crippen molar-refractivity contribution in [1.82, 2.24) is 0 Å². The zero-order chi connectivity index (χ0) is 9.78. The van der Waals surface area contributed by atoms with Gasteiger partial charge in [-0.2, -0.15) is 0 Å². The molecule has 0 heterocycles. The molecule has 0 aromatic rings. The maximum Gasteiger partial charge on any atom is 0.319 e. The van der Waals surface area contributed by atoms with Gasteiger partial charge in [0, 0.05) is 0 Å². The summed E-state index contributed by atoms with van der Waals surface area (Å²) in [6.07, 6.45) is 0.0303. The first-order valence-corrected chi connectivity index (χ1v) is 8.47. The summed E-state index contributed by atoms with van der Waals surface area (Å²) < 4.78 is 10.6. The molecule has 5 heteroatoms. The highest BCUT2D eigenvalue weighted by Crippen LogP contribution is 2.39.